The summed E-state index contributed by atoms with van der Waals surface area (Å²) >= 11 is 0. The maximum absolute atomic E-state index is 4.80. The van der Waals surface area contributed by atoms with Gasteiger partial charge in [-0.1, -0.05) is 59.3 Å². The predicted molar refractivity (Wildman–Crippen MR) is 73.3 cm³/mol. The SMILES string of the molecule is CCC1CCCCCCCCC(C)(C)C=N1. The van der Waals surface area contributed by atoms with Gasteiger partial charge in [-0.2, -0.15) is 0 Å². The van der Waals surface area contributed by atoms with E-state index in [0.717, 1.165) is 0 Å². The third-order valence-corrected chi connectivity index (χ3v) is 3.71. The molecule has 0 aromatic rings. The van der Waals surface area contributed by atoms with Crippen LogP contribution < -0.4 is 0 Å². The van der Waals surface area contributed by atoms with Gasteiger partial charge >= 0.3 is 0 Å². The first-order valence-corrected chi connectivity index (χ1v) is 7.18. The van der Waals surface area contributed by atoms with E-state index < -0.39 is 0 Å². The Morgan fingerprint density at radius 2 is 1.69 bits per heavy atom. The van der Waals surface area contributed by atoms with E-state index in [1.807, 2.05) is 0 Å². The Kier molecular flexibility index (Phi) is 6.08. The summed E-state index contributed by atoms with van der Waals surface area (Å²) in [5.74, 6) is 0. The van der Waals surface area contributed by atoms with Crippen LogP contribution in [0, 0.1) is 5.41 Å². The molecule has 1 rings (SSSR count). The van der Waals surface area contributed by atoms with Crippen molar-refractivity contribution in [1.82, 2.24) is 0 Å². The summed E-state index contributed by atoms with van der Waals surface area (Å²) in [5.41, 5.74) is 0.312. The molecular weight excluding hydrogens is 194 g/mol. The highest BCUT2D eigenvalue weighted by atomic mass is 14.8. The van der Waals surface area contributed by atoms with E-state index in [0.29, 0.717) is 11.5 Å². The summed E-state index contributed by atoms with van der Waals surface area (Å²) in [7, 11) is 0. The molecule has 0 aromatic heterocycles. The molecule has 0 amide bonds. The van der Waals surface area contributed by atoms with Gasteiger partial charge < -0.3 is 0 Å². The van der Waals surface area contributed by atoms with Crippen LogP contribution in [-0.4, -0.2) is 12.3 Å². The van der Waals surface area contributed by atoms with Crippen molar-refractivity contribution in [2.75, 3.05) is 0 Å². The van der Waals surface area contributed by atoms with Gasteiger partial charge in [0.05, 0.1) is 0 Å². The van der Waals surface area contributed by atoms with Gasteiger partial charge in [0.25, 0.3) is 0 Å². The monoisotopic (exact) mass is 223 g/mol. The minimum atomic E-state index is 0.312. The van der Waals surface area contributed by atoms with Crippen molar-refractivity contribution in [3.05, 3.63) is 0 Å². The molecule has 0 aliphatic carbocycles. The summed E-state index contributed by atoms with van der Waals surface area (Å²) < 4.78 is 0. The van der Waals surface area contributed by atoms with Crippen molar-refractivity contribution in [3.8, 4) is 0 Å². The van der Waals surface area contributed by atoms with Crippen LogP contribution in [0.4, 0.5) is 0 Å². The Labute approximate surface area is 102 Å². The van der Waals surface area contributed by atoms with Crippen molar-refractivity contribution in [3.63, 3.8) is 0 Å². The molecule has 0 saturated carbocycles. The maximum atomic E-state index is 4.80. The van der Waals surface area contributed by atoms with Crippen LogP contribution in [0.3, 0.4) is 0 Å². The molecule has 1 unspecified atom stereocenters. The highest BCUT2D eigenvalue weighted by Gasteiger charge is 2.15. The molecule has 1 atom stereocenters. The number of hydrogen-bond acceptors (Lipinski definition) is 1. The third kappa shape index (κ3) is 5.67. The van der Waals surface area contributed by atoms with E-state index in [2.05, 4.69) is 27.0 Å². The fourth-order valence-electron chi connectivity index (χ4n) is 2.42. The van der Waals surface area contributed by atoms with Crippen molar-refractivity contribution in [2.45, 2.75) is 84.6 Å². The maximum Gasteiger partial charge on any atom is 0.0493 e. The number of aliphatic imine (C=N–C) groups is 1. The van der Waals surface area contributed by atoms with E-state index in [-0.39, 0.29) is 0 Å². The second-order valence-electron chi connectivity index (χ2n) is 5.99. The van der Waals surface area contributed by atoms with Crippen LogP contribution in [0.5, 0.6) is 0 Å². The molecule has 1 nitrogen and oxygen atoms in total. The van der Waals surface area contributed by atoms with Gasteiger partial charge in [-0.15, -0.1) is 0 Å². The molecule has 0 fully saturated rings. The molecule has 1 heteroatoms. The van der Waals surface area contributed by atoms with Gasteiger partial charge in [0.15, 0.2) is 0 Å². The summed E-state index contributed by atoms with van der Waals surface area (Å²) in [5, 5.41) is 0. The van der Waals surface area contributed by atoms with Crippen LogP contribution in [0.15, 0.2) is 4.99 Å². The first-order chi connectivity index (χ1) is 7.64. The van der Waals surface area contributed by atoms with Crippen LogP contribution >= 0.6 is 0 Å². The Morgan fingerprint density at radius 3 is 2.38 bits per heavy atom. The Morgan fingerprint density at radius 1 is 1.06 bits per heavy atom. The smallest absolute Gasteiger partial charge is 0.0493 e. The molecule has 0 aromatic carbocycles. The largest absolute Gasteiger partial charge is 0.294 e. The van der Waals surface area contributed by atoms with Crippen molar-refractivity contribution >= 4 is 6.21 Å². The molecule has 1 heterocycles. The molecule has 1 aliphatic rings. The Balaban J connectivity index is 2.54. The first kappa shape index (κ1) is 13.7. The van der Waals surface area contributed by atoms with Gasteiger partial charge in [0, 0.05) is 12.3 Å². The zero-order valence-corrected chi connectivity index (χ0v) is 11.5. The van der Waals surface area contributed by atoms with E-state index in [1.54, 1.807) is 0 Å². The fraction of sp³-hybridized carbons (Fsp3) is 0.933. The summed E-state index contributed by atoms with van der Waals surface area (Å²) in [4.78, 5) is 4.80. The zero-order valence-electron chi connectivity index (χ0n) is 11.5. The third-order valence-electron chi connectivity index (χ3n) is 3.71. The Hall–Kier alpha value is -0.330. The first-order valence-electron chi connectivity index (χ1n) is 7.18. The number of nitrogens with zero attached hydrogens (tertiary/aromatic N) is 1. The molecule has 94 valence electrons. The van der Waals surface area contributed by atoms with Crippen LogP contribution in [0.1, 0.15) is 78.6 Å². The van der Waals surface area contributed by atoms with Gasteiger partial charge in [0.2, 0.25) is 0 Å². The highest BCUT2D eigenvalue weighted by molar-refractivity contribution is 5.64. The summed E-state index contributed by atoms with van der Waals surface area (Å²) in [6, 6.07) is 0.582. The van der Waals surface area contributed by atoms with Crippen LogP contribution in [-0.2, 0) is 0 Å². The average Bonchev–Trinajstić information content (AvgIpc) is 2.24. The van der Waals surface area contributed by atoms with E-state index >= 15 is 0 Å². The quantitative estimate of drug-likeness (QED) is 0.593. The molecular formula is C15H29N. The lowest BCUT2D eigenvalue weighted by molar-refractivity contribution is 0.432. The molecule has 0 saturated heterocycles. The van der Waals surface area contributed by atoms with E-state index in [4.69, 9.17) is 4.99 Å². The average molecular weight is 223 g/mol. The van der Waals surface area contributed by atoms with Crippen molar-refractivity contribution < 1.29 is 0 Å². The van der Waals surface area contributed by atoms with Crippen molar-refractivity contribution in [2.24, 2.45) is 10.4 Å². The minimum Gasteiger partial charge on any atom is -0.294 e. The molecule has 0 radical (unpaired) electrons. The van der Waals surface area contributed by atoms with E-state index in [9.17, 15) is 0 Å². The summed E-state index contributed by atoms with van der Waals surface area (Å²) in [6.45, 7) is 6.92. The molecule has 16 heavy (non-hydrogen) atoms. The lowest BCUT2D eigenvalue weighted by atomic mass is 9.87. The highest BCUT2D eigenvalue weighted by Crippen LogP contribution is 2.24. The number of rotatable bonds is 1. The molecule has 0 bridgehead atoms. The summed E-state index contributed by atoms with van der Waals surface area (Å²) in [6.07, 6.45) is 14.5. The topological polar surface area (TPSA) is 12.4 Å². The predicted octanol–water partition coefficient (Wildman–Crippen LogP) is 5.00. The van der Waals surface area contributed by atoms with Crippen molar-refractivity contribution in [1.29, 1.82) is 0 Å². The number of hydrogen-bond donors (Lipinski definition) is 0. The van der Waals surface area contributed by atoms with Crippen LogP contribution in [0.25, 0.3) is 0 Å². The zero-order chi connectivity index (χ0) is 11.9. The Bertz CT molecular complexity index is 205. The lowest BCUT2D eigenvalue weighted by Gasteiger charge is -2.21. The molecule has 1 aliphatic heterocycles. The van der Waals surface area contributed by atoms with Gasteiger partial charge in [-0.3, -0.25) is 4.99 Å². The van der Waals surface area contributed by atoms with E-state index in [1.165, 1.54) is 57.8 Å². The standard InChI is InChI=1S/C15H29N/c1-4-14-11-9-7-5-6-8-10-12-15(2,3)13-16-14/h13-14H,4-12H2,1-3H3. The lowest BCUT2D eigenvalue weighted by Crippen LogP contribution is -2.15. The van der Waals surface area contributed by atoms with Crippen LogP contribution in [0.2, 0.25) is 0 Å². The normalized spacial score (nSPS) is 28.1. The molecule has 0 N–H and O–H groups in total. The van der Waals surface area contributed by atoms with Gasteiger partial charge in [-0.25, -0.2) is 0 Å². The second kappa shape index (κ2) is 7.09. The molecule has 0 spiro atoms. The van der Waals surface area contributed by atoms with Gasteiger partial charge in [0.1, 0.15) is 0 Å². The van der Waals surface area contributed by atoms with Gasteiger partial charge in [-0.05, 0) is 24.7 Å². The minimum absolute atomic E-state index is 0.312. The second-order valence-corrected chi connectivity index (χ2v) is 5.99. The fourth-order valence-corrected chi connectivity index (χ4v) is 2.42.